The van der Waals surface area contributed by atoms with Crippen LogP contribution in [0.2, 0.25) is 0 Å². The third-order valence-corrected chi connectivity index (χ3v) is 4.75. The van der Waals surface area contributed by atoms with Gasteiger partial charge < -0.3 is 4.74 Å². The van der Waals surface area contributed by atoms with Crippen LogP contribution in [0.15, 0.2) is 35.2 Å². The van der Waals surface area contributed by atoms with Gasteiger partial charge in [0.2, 0.25) is 0 Å². The molecule has 0 amide bonds. The number of esters is 1. The van der Waals surface area contributed by atoms with E-state index in [-0.39, 0.29) is 17.5 Å². The lowest BCUT2D eigenvalue weighted by Crippen LogP contribution is -2.21. The molecule has 0 heterocycles. The van der Waals surface area contributed by atoms with Gasteiger partial charge in [-0.05, 0) is 38.3 Å². The Bertz CT molecular complexity index is 553. The van der Waals surface area contributed by atoms with Gasteiger partial charge in [-0.25, -0.2) is 0 Å². The fourth-order valence-corrected chi connectivity index (χ4v) is 3.02. The van der Waals surface area contributed by atoms with E-state index in [0.29, 0.717) is 32.3 Å². The molecule has 4 nitrogen and oxygen atoms in total. The van der Waals surface area contributed by atoms with Crippen molar-refractivity contribution in [2.75, 3.05) is 6.61 Å². The summed E-state index contributed by atoms with van der Waals surface area (Å²) in [4.78, 5) is 24.5. The van der Waals surface area contributed by atoms with Crippen molar-refractivity contribution in [3.63, 3.8) is 0 Å². The molecule has 0 radical (unpaired) electrons. The zero-order valence-corrected chi connectivity index (χ0v) is 14.5. The Morgan fingerprint density at radius 2 is 1.83 bits per heavy atom. The molecule has 0 aromatic heterocycles. The van der Waals surface area contributed by atoms with E-state index in [9.17, 15) is 14.9 Å². The largest absolute Gasteiger partial charge is 0.466 e. The first-order valence-corrected chi connectivity index (χ1v) is 8.69. The van der Waals surface area contributed by atoms with Crippen molar-refractivity contribution < 1.29 is 14.3 Å². The molecular formula is C18H23NO3S. The molecule has 1 atom stereocenters. The SMILES string of the molecule is CCOC(=O)CCC(C#N)(CC)CCC(=O)Sc1ccccc1. The molecule has 0 saturated heterocycles. The van der Waals surface area contributed by atoms with Crippen molar-refractivity contribution in [3.05, 3.63) is 30.3 Å². The molecule has 5 heteroatoms. The summed E-state index contributed by atoms with van der Waals surface area (Å²) >= 11 is 1.20. The lowest BCUT2D eigenvalue weighted by Gasteiger charge is -2.24. The number of carbonyl (C=O) groups excluding carboxylic acids is 2. The van der Waals surface area contributed by atoms with E-state index in [1.54, 1.807) is 6.92 Å². The predicted octanol–water partition coefficient (Wildman–Crippen LogP) is 4.35. The van der Waals surface area contributed by atoms with E-state index in [1.807, 2.05) is 37.3 Å². The molecule has 0 spiro atoms. The number of rotatable bonds is 9. The first-order chi connectivity index (χ1) is 11.0. The van der Waals surface area contributed by atoms with E-state index in [0.717, 1.165) is 4.90 Å². The number of thioether (sulfide) groups is 1. The lowest BCUT2D eigenvalue weighted by atomic mass is 9.78. The first kappa shape index (κ1) is 19.2. The number of carbonyl (C=O) groups is 2. The number of benzene rings is 1. The van der Waals surface area contributed by atoms with Crippen LogP contribution in [-0.4, -0.2) is 17.7 Å². The standard InChI is InChI=1S/C18H23NO3S/c1-3-18(14-19,12-10-16(20)22-4-2)13-11-17(21)23-15-8-6-5-7-9-15/h5-9H,3-4,10-13H2,1-2H3. The van der Waals surface area contributed by atoms with E-state index in [2.05, 4.69) is 6.07 Å². The molecule has 1 aromatic rings. The number of nitriles is 1. The Labute approximate surface area is 142 Å². The van der Waals surface area contributed by atoms with Gasteiger partial charge in [0.05, 0.1) is 18.1 Å². The highest BCUT2D eigenvalue weighted by Gasteiger charge is 2.29. The average molecular weight is 333 g/mol. The van der Waals surface area contributed by atoms with Crippen LogP contribution >= 0.6 is 11.8 Å². The first-order valence-electron chi connectivity index (χ1n) is 7.88. The fraction of sp³-hybridized carbons (Fsp3) is 0.500. The maximum absolute atomic E-state index is 12.1. The van der Waals surface area contributed by atoms with Crippen molar-refractivity contribution in [3.8, 4) is 6.07 Å². The number of ether oxygens (including phenoxy) is 1. The molecule has 0 aliphatic rings. The summed E-state index contributed by atoms with van der Waals surface area (Å²) in [6.07, 6.45) is 2.06. The van der Waals surface area contributed by atoms with Crippen LogP contribution in [0.25, 0.3) is 0 Å². The highest BCUT2D eigenvalue weighted by atomic mass is 32.2. The second-order valence-corrected chi connectivity index (χ2v) is 6.47. The number of hydrogen-bond donors (Lipinski definition) is 0. The molecule has 0 aliphatic heterocycles. The second kappa shape index (κ2) is 10.1. The van der Waals surface area contributed by atoms with Crippen LogP contribution in [0.1, 0.15) is 46.0 Å². The van der Waals surface area contributed by atoms with Crippen molar-refractivity contribution >= 4 is 22.8 Å². The van der Waals surface area contributed by atoms with Gasteiger partial charge >= 0.3 is 5.97 Å². The van der Waals surface area contributed by atoms with Crippen LogP contribution in [0.5, 0.6) is 0 Å². The molecule has 0 bridgehead atoms. The quantitative estimate of drug-likeness (QED) is 0.496. The zero-order valence-electron chi connectivity index (χ0n) is 13.7. The van der Waals surface area contributed by atoms with Crippen molar-refractivity contribution in [1.82, 2.24) is 0 Å². The van der Waals surface area contributed by atoms with Gasteiger partial charge in [0.1, 0.15) is 0 Å². The van der Waals surface area contributed by atoms with Gasteiger partial charge in [-0.1, -0.05) is 36.9 Å². The molecule has 0 saturated carbocycles. The van der Waals surface area contributed by atoms with Crippen molar-refractivity contribution in [2.45, 2.75) is 50.8 Å². The zero-order chi connectivity index (χ0) is 17.1. The summed E-state index contributed by atoms with van der Waals surface area (Å²) in [5, 5.41) is 9.54. The monoisotopic (exact) mass is 333 g/mol. The Morgan fingerprint density at radius 1 is 1.17 bits per heavy atom. The third kappa shape index (κ3) is 6.87. The topological polar surface area (TPSA) is 67.2 Å². The van der Waals surface area contributed by atoms with Crippen LogP contribution in [-0.2, 0) is 14.3 Å². The van der Waals surface area contributed by atoms with Crippen molar-refractivity contribution in [2.24, 2.45) is 5.41 Å². The summed E-state index contributed by atoms with van der Waals surface area (Å²) < 4.78 is 4.91. The summed E-state index contributed by atoms with van der Waals surface area (Å²) in [6, 6.07) is 11.8. The highest BCUT2D eigenvalue weighted by molar-refractivity contribution is 8.13. The molecule has 23 heavy (non-hydrogen) atoms. The molecule has 1 aromatic carbocycles. The fourth-order valence-electron chi connectivity index (χ4n) is 2.26. The van der Waals surface area contributed by atoms with Crippen LogP contribution in [0, 0.1) is 16.7 Å². The summed E-state index contributed by atoms with van der Waals surface area (Å²) in [6.45, 7) is 4.02. The lowest BCUT2D eigenvalue weighted by molar-refractivity contribution is -0.143. The Kier molecular flexibility index (Phi) is 8.42. The molecule has 1 rings (SSSR count). The minimum atomic E-state index is -0.639. The van der Waals surface area contributed by atoms with Gasteiger partial charge in [0, 0.05) is 17.7 Å². The van der Waals surface area contributed by atoms with Gasteiger partial charge in [0.25, 0.3) is 0 Å². The van der Waals surface area contributed by atoms with Gasteiger partial charge in [-0.3, -0.25) is 9.59 Å². The summed E-state index contributed by atoms with van der Waals surface area (Å²) in [5.74, 6) is -0.287. The van der Waals surface area contributed by atoms with Crippen LogP contribution < -0.4 is 0 Å². The van der Waals surface area contributed by atoms with E-state index < -0.39 is 5.41 Å². The maximum Gasteiger partial charge on any atom is 0.305 e. The normalized spacial score (nSPS) is 12.9. The minimum Gasteiger partial charge on any atom is -0.466 e. The van der Waals surface area contributed by atoms with E-state index in [1.165, 1.54) is 11.8 Å². The van der Waals surface area contributed by atoms with Crippen LogP contribution in [0.4, 0.5) is 0 Å². The smallest absolute Gasteiger partial charge is 0.305 e. The van der Waals surface area contributed by atoms with Crippen LogP contribution in [0.3, 0.4) is 0 Å². The molecular weight excluding hydrogens is 310 g/mol. The average Bonchev–Trinajstić information content (AvgIpc) is 2.57. The van der Waals surface area contributed by atoms with Crippen molar-refractivity contribution in [1.29, 1.82) is 5.26 Å². The number of hydrogen-bond acceptors (Lipinski definition) is 5. The molecule has 1 unspecified atom stereocenters. The Balaban J connectivity index is 2.53. The Hall–Kier alpha value is -1.80. The molecule has 0 fully saturated rings. The van der Waals surface area contributed by atoms with Gasteiger partial charge in [-0.15, -0.1) is 0 Å². The highest BCUT2D eigenvalue weighted by Crippen LogP contribution is 2.34. The van der Waals surface area contributed by atoms with E-state index in [4.69, 9.17) is 4.74 Å². The minimum absolute atomic E-state index is 0.0420. The number of nitrogens with zero attached hydrogens (tertiary/aromatic N) is 1. The summed E-state index contributed by atoms with van der Waals surface area (Å²) in [5.41, 5.74) is -0.639. The van der Waals surface area contributed by atoms with Gasteiger partial charge in [-0.2, -0.15) is 5.26 Å². The second-order valence-electron chi connectivity index (χ2n) is 5.34. The van der Waals surface area contributed by atoms with E-state index >= 15 is 0 Å². The predicted molar refractivity (Wildman–Crippen MR) is 90.7 cm³/mol. The molecule has 0 N–H and O–H groups in total. The molecule has 124 valence electrons. The Morgan fingerprint density at radius 3 is 2.39 bits per heavy atom. The summed E-state index contributed by atoms with van der Waals surface area (Å²) in [7, 11) is 0. The van der Waals surface area contributed by atoms with Gasteiger partial charge in [0.15, 0.2) is 5.12 Å². The maximum atomic E-state index is 12.1. The third-order valence-electron chi connectivity index (χ3n) is 3.81. The molecule has 0 aliphatic carbocycles.